The van der Waals surface area contributed by atoms with Crippen molar-refractivity contribution in [3.63, 3.8) is 0 Å². The Morgan fingerprint density at radius 2 is 1.33 bits per heavy atom. The lowest BCUT2D eigenvalue weighted by Crippen LogP contribution is -1.99. The molecule has 0 aromatic heterocycles. The third-order valence-corrected chi connectivity index (χ3v) is 3.49. The molecular weight excluding hydrogens is 300 g/mol. The van der Waals surface area contributed by atoms with Gasteiger partial charge in [-0.1, -0.05) is 66.7 Å². The number of ether oxygens (including phenoxy) is 1. The van der Waals surface area contributed by atoms with Crippen molar-refractivity contribution in [2.24, 2.45) is 0 Å². The highest BCUT2D eigenvalue weighted by Gasteiger charge is 2.10. The third-order valence-electron chi connectivity index (χ3n) is 3.49. The zero-order valence-corrected chi connectivity index (χ0v) is 12.9. The summed E-state index contributed by atoms with van der Waals surface area (Å²) in [4.78, 5) is 11.2. The minimum absolute atomic E-state index is 0.144. The molecule has 0 aliphatic carbocycles. The number of hydrogen-bond acceptors (Lipinski definition) is 2. The predicted molar refractivity (Wildman–Crippen MR) is 95.3 cm³/mol. The van der Waals surface area contributed by atoms with Crippen LogP contribution in [0.1, 0.15) is 21.5 Å². The molecule has 0 unspecified atom stereocenters. The molecule has 0 spiro atoms. The number of para-hydroxylation sites is 1. The van der Waals surface area contributed by atoms with Gasteiger partial charge in [-0.25, -0.2) is 4.79 Å². The van der Waals surface area contributed by atoms with Gasteiger partial charge in [-0.2, -0.15) is 0 Å². The standard InChI is InChI=1S/C21H16O3/c22-21(23)19-8-4-5-9-20(19)24-18-14-12-17(13-15-18)11-10-16-6-2-1-3-7-16/h1-15H,(H,22,23)/b11-10+. The summed E-state index contributed by atoms with van der Waals surface area (Å²) >= 11 is 0. The van der Waals surface area contributed by atoms with Crippen molar-refractivity contribution in [2.45, 2.75) is 0 Å². The average molecular weight is 316 g/mol. The van der Waals surface area contributed by atoms with Crippen LogP contribution in [0.3, 0.4) is 0 Å². The summed E-state index contributed by atoms with van der Waals surface area (Å²) in [5, 5.41) is 9.18. The van der Waals surface area contributed by atoms with E-state index < -0.39 is 5.97 Å². The van der Waals surface area contributed by atoms with Crippen LogP contribution in [0.15, 0.2) is 78.9 Å². The van der Waals surface area contributed by atoms with Crippen LogP contribution in [0.4, 0.5) is 0 Å². The van der Waals surface area contributed by atoms with Gasteiger partial charge in [0.2, 0.25) is 0 Å². The van der Waals surface area contributed by atoms with Gasteiger partial charge in [0.15, 0.2) is 0 Å². The first-order valence-corrected chi connectivity index (χ1v) is 7.56. The van der Waals surface area contributed by atoms with Crippen LogP contribution in [0.25, 0.3) is 12.2 Å². The van der Waals surface area contributed by atoms with Crippen LogP contribution < -0.4 is 4.74 Å². The van der Waals surface area contributed by atoms with Crippen LogP contribution in [0.2, 0.25) is 0 Å². The van der Waals surface area contributed by atoms with E-state index in [1.807, 2.05) is 66.7 Å². The fraction of sp³-hybridized carbons (Fsp3) is 0. The second kappa shape index (κ2) is 7.29. The van der Waals surface area contributed by atoms with E-state index in [0.29, 0.717) is 11.5 Å². The van der Waals surface area contributed by atoms with Crippen LogP contribution >= 0.6 is 0 Å². The van der Waals surface area contributed by atoms with E-state index in [1.54, 1.807) is 18.2 Å². The molecule has 3 nitrogen and oxygen atoms in total. The number of hydrogen-bond donors (Lipinski definition) is 1. The Labute approximate surface area is 140 Å². The monoisotopic (exact) mass is 316 g/mol. The fourth-order valence-electron chi connectivity index (χ4n) is 2.26. The number of carboxylic acids is 1. The molecule has 24 heavy (non-hydrogen) atoms. The van der Waals surface area contributed by atoms with E-state index in [0.717, 1.165) is 11.1 Å². The SMILES string of the molecule is O=C(O)c1ccccc1Oc1ccc(/C=C/c2ccccc2)cc1. The molecule has 0 heterocycles. The molecule has 3 heteroatoms. The van der Waals surface area contributed by atoms with E-state index in [4.69, 9.17) is 4.74 Å². The van der Waals surface area contributed by atoms with E-state index in [-0.39, 0.29) is 5.56 Å². The van der Waals surface area contributed by atoms with Gasteiger partial charge in [0, 0.05) is 0 Å². The number of benzene rings is 3. The van der Waals surface area contributed by atoms with Gasteiger partial charge in [0.05, 0.1) is 0 Å². The number of carboxylic acid groups (broad SMARTS) is 1. The summed E-state index contributed by atoms with van der Waals surface area (Å²) in [7, 11) is 0. The van der Waals surface area contributed by atoms with Gasteiger partial charge in [-0.15, -0.1) is 0 Å². The van der Waals surface area contributed by atoms with Crippen molar-refractivity contribution in [1.29, 1.82) is 0 Å². The molecule has 0 fully saturated rings. The molecule has 118 valence electrons. The van der Waals surface area contributed by atoms with Crippen LogP contribution in [-0.4, -0.2) is 11.1 Å². The summed E-state index contributed by atoms with van der Waals surface area (Å²) in [6, 6.07) is 24.1. The molecule has 0 bridgehead atoms. The Bertz CT molecular complexity index is 850. The summed E-state index contributed by atoms with van der Waals surface area (Å²) < 4.78 is 5.68. The maximum atomic E-state index is 11.2. The molecule has 3 aromatic rings. The highest BCUT2D eigenvalue weighted by Crippen LogP contribution is 2.25. The number of carbonyl (C=O) groups is 1. The minimum atomic E-state index is -1.01. The smallest absolute Gasteiger partial charge is 0.339 e. The average Bonchev–Trinajstić information content (AvgIpc) is 2.62. The fourth-order valence-corrected chi connectivity index (χ4v) is 2.26. The first kappa shape index (κ1) is 15.6. The molecule has 0 amide bonds. The van der Waals surface area contributed by atoms with Gasteiger partial charge in [-0.05, 0) is 35.4 Å². The van der Waals surface area contributed by atoms with E-state index >= 15 is 0 Å². The van der Waals surface area contributed by atoms with Crippen molar-refractivity contribution in [3.05, 3.63) is 95.6 Å². The summed E-state index contributed by atoms with van der Waals surface area (Å²) in [5.41, 5.74) is 2.32. The zero-order chi connectivity index (χ0) is 16.8. The van der Waals surface area contributed by atoms with Crippen molar-refractivity contribution < 1.29 is 14.6 Å². The summed E-state index contributed by atoms with van der Waals surface area (Å²) in [5.74, 6) is -0.0776. The van der Waals surface area contributed by atoms with E-state index in [9.17, 15) is 9.90 Å². The molecule has 0 saturated carbocycles. The molecule has 0 atom stereocenters. The molecule has 1 N–H and O–H groups in total. The maximum absolute atomic E-state index is 11.2. The Kier molecular flexibility index (Phi) is 4.73. The largest absolute Gasteiger partial charge is 0.478 e. The van der Waals surface area contributed by atoms with Crippen LogP contribution in [0.5, 0.6) is 11.5 Å². The lowest BCUT2D eigenvalue weighted by atomic mass is 10.1. The Morgan fingerprint density at radius 1 is 0.750 bits per heavy atom. The topological polar surface area (TPSA) is 46.5 Å². The summed E-state index contributed by atoms with van der Waals surface area (Å²) in [6.45, 7) is 0. The molecule has 3 rings (SSSR count). The Morgan fingerprint density at radius 3 is 2.00 bits per heavy atom. The predicted octanol–water partition coefficient (Wildman–Crippen LogP) is 5.35. The highest BCUT2D eigenvalue weighted by atomic mass is 16.5. The highest BCUT2D eigenvalue weighted by molar-refractivity contribution is 5.90. The quantitative estimate of drug-likeness (QED) is 0.646. The molecule has 3 aromatic carbocycles. The number of aromatic carboxylic acids is 1. The zero-order valence-electron chi connectivity index (χ0n) is 12.9. The van der Waals surface area contributed by atoms with Gasteiger partial charge in [-0.3, -0.25) is 0 Å². The Hall–Kier alpha value is -3.33. The second-order valence-electron chi connectivity index (χ2n) is 5.22. The van der Waals surface area contributed by atoms with Crippen molar-refractivity contribution >= 4 is 18.1 Å². The maximum Gasteiger partial charge on any atom is 0.339 e. The van der Waals surface area contributed by atoms with Crippen molar-refractivity contribution in [2.75, 3.05) is 0 Å². The Balaban J connectivity index is 1.74. The number of rotatable bonds is 5. The molecule has 0 aliphatic rings. The van der Waals surface area contributed by atoms with Crippen LogP contribution in [-0.2, 0) is 0 Å². The van der Waals surface area contributed by atoms with E-state index in [1.165, 1.54) is 6.07 Å². The minimum Gasteiger partial charge on any atom is -0.478 e. The van der Waals surface area contributed by atoms with Crippen LogP contribution in [0, 0.1) is 0 Å². The first-order chi connectivity index (χ1) is 11.7. The first-order valence-electron chi connectivity index (χ1n) is 7.56. The molecular formula is C21H16O3. The van der Waals surface area contributed by atoms with Gasteiger partial charge in [0.25, 0.3) is 0 Å². The molecule has 0 radical (unpaired) electrons. The van der Waals surface area contributed by atoms with Gasteiger partial charge < -0.3 is 9.84 Å². The lowest BCUT2D eigenvalue weighted by Gasteiger charge is -2.08. The second-order valence-corrected chi connectivity index (χ2v) is 5.22. The third kappa shape index (κ3) is 3.90. The van der Waals surface area contributed by atoms with Crippen molar-refractivity contribution in [1.82, 2.24) is 0 Å². The molecule has 0 saturated heterocycles. The van der Waals surface area contributed by atoms with Crippen molar-refractivity contribution in [3.8, 4) is 11.5 Å². The molecule has 0 aliphatic heterocycles. The van der Waals surface area contributed by atoms with E-state index in [2.05, 4.69) is 0 Å². The lowest BCUT2D eigenvalue weighted by molar-refractivity contribution is 0.0694. The summed E-state index contributed by atoms with van der Waals surface area (Å²) in [6.07, 6.45) is 4.06. The normalized spacial score (nSPS) is 10.7. The van der Waals surface area contributed by atoms with Gasteiger partial charge in [0.1, 0.15) is 17.1 Å². The van der Waals surface area contributed by atoms with Gasteiger partial charge >= 0.3 is 5.97 Å².